The summed E-state index contributed by atoms with van der Waals surface area (Å²) in [5.41, 5.74) is 0.349. The molecule has 0 aliphatic rings. The number of carbonyl (C=O) groups is 1. The van der Waals surface area contributed by atoms with Gasteiger partial charge in [-0.25, -0.2) is 4.79 Å². The van der Waals surface area contributed by atoms with Crippen LogP contribution in [0, 0.1) is 11.3 Å². The lowest BCUT2D eigenvalue weighted by atomic mass is 10.4. The van der Waals surface area contributed by atoms with E-state index in [-0.39, 0.29) is 0 Å². The van der Waals surface area contributed by atoms with Crippen molar-refractivity contribution in [2.45, 2.75) is 0 Å². The van der Waals surface area contributed by atoms with Gasteiger partial charge in [0.2, 0.25) is 0 Å². The smallest absolute Gasteiger partial charge is 0.415 e. The highest BCUT2D eigenvalue weighted by atomic mass is 16.4. The minimum Gasteiger partial charge on any atom is -0.464 e. The van der Waals surface area contributed by atoms with Crippen molar-refractivity contribution >= 4 is 6.09 Å². The Balaban J connectivity index is 3.02. The molecule has 1 N–H and O–H groups in total. The second-order valence-electron chi connectivity index (χ2n) is 1.70. The Bertz CT molecular complexity index is 295. The van der Waals surface area contributed by atoms with Crippen molar-refractivity contribution in [2.24, 2.45) is 0 Å². The summed E-state index contributed by atoms with van der Waals surface area (Å²) in [6.45, 7) is 0. The van der Waals surface area contributed by atoms with Crippen molar-refractivity contribution in [3.05, 3.63) is 24.0 Å². The summed E-state index contributed by atoms with van der Waals surface area (Å²) >= 11 is 0. The van der Waals surface area contributed by atoms with Crippen LogP contribution in [0.15, 0.2) is 18.5 Å². The maximum absolute atomic E-state index is 10.2. The molecule has 0 amide bonds. The number of nitriles is 1. The molecule has 0 saturated carbocycles. The zero-order valence-electron chi connectivity index (χ0n) is 4.98. The van der Waals surface area contributed by atoms with Gasteiger partial charge in [-0.1, -0.05) is 0 Å². The lowest BCUT2D eigenvalue weighted by Crippen LogP contribution is -2.03. The Morgan fingerprint density at radius 2 is 2.50 bits per heavy atom. The molecule has 0 saturated heterocycles. The van der Waals surface area contributed by atoms with Gasteiger partial charge < -0.3 is 5.11 Å². The predicted octanol–water partition coefficient (Wildman–Crippen LogP) is 0.886. The molecule has 0 radical (unpaired) electrons. The third-order valence-electron chi connectivity index (χ3n) is 1.04. The molecule has 0 aromatic carbocycles. The molecule has 0 fully saturated rings. The Labute approximate surface area is 56.9 Å². The summed E-state index contributed by atoms with van der Waals surface area (Å²) in [5.74, 6) is 0. The summed E-state index contributed by atoms with van der Waals surface area (Å²) in [4.78, 5) is 10.2. The van der Waals surface area contributed by atoms with Gasteiger partial charge in [-0.15, -0.1) is 0 Å². The Morgan fingerprint density at radius 3 is 2.80 bits per heavy atom. The summed E-state index contributed by atoms with van der Waals surface area (Å²) in [5, 5.41) is 16.6. The second-order valence-corrected chi connectivity index (χ2v) is 1.70. The van der Waals surface area contributed by atoms with Crippen molar-refractivity contribution < 1.29 is 9.90 Å². The van der Waals surface area contributed by atoms with Crippen LogP contribution >= 0.6 is 0 Å². The molecule has 0 unspecified atom stereocenters. The Morgan fingerprint density at radius 1 is 1.80 bits per heavy atom. The molecule has 1 rings (SSSR count). The zero-order chi connectivity index (χ0) is 7.56. The minimum atomic E-state index is -1.08. The first-order valence-electron chi connectivity index (χ1n) is 2.55. The predicted molar refractivity (Wildman–Crippen MR) is 32.6 cm³/mol. The van der Waals surface area contributed by atoms with Crippen LogP contribution in [-0.4, -0.2) is 15.8 Å². The first-order valence-corrected chi connectivity index (χ1v) is 2.55. The SMILES string of the molecule is N#Cc1ccn(C(=O)O)c1. The fourth-order valence-electron chi connectivity index (χ4n) is 0.582. The molecule has 0 aliphatic heterocycles. The van der Waals surface area contributed by atoms with E-state index >= 15 is 0 Å². The van der Waals surface area contributed by atoms with E-state index in [1.54, 1.807) is 0 Å². The number of rotatable bonds is 0. The van der Waals surface area contributed by atoms with Crippen LogP contribution in [-0.2, 0) is 0 Å². The standard InChI is InChI=1S/C6H4N2O2/c7-3-5-1-2-8(4-5)6(9)10/h1-2,4H,(H,9,10). The maximum Gasteiger partial charge on any atom is 0.415 e. The molecule has 1 aromatic rings. The van der Waals surface area contributed by atoms with Crippen molar-refractivity contribution in [2.75, 3.05) is 0 Å². The van der Waals surface area contributed by atoms with Gasteiger partial charge in [0.1, 0.15) is 6.07 Å². The molecule has 0 aliphatic carbocycles. The lowest BCUT2D eigenvalue weighted by molar-refractivity contribution is 0.196. The topological polar surface area (TPSA) is 66.0 Å². The van der Waals surface area contributed by atoms with Gasteiger partial charge in [0.15, 0.2) is 0 Å². The fourth-order valence-corrected chi connectivity index (χ4v) is 0.582. The number of hydrogen-bond acceptors (Lipinski definition) is 2. The average Bonchev–Trinajstić information content (AvgIpc) is 2.34. The van der Waals surface area contributed by atoms with Crippen LogP contribution in [0.1, 0.15) is 5.56 Å². The summed E-state index contributed by atoms with van der Waals surface area (Å²) in [7, 11) is 0. The molecule has 0 atom stereocenters. The highest BCUT2D eigenvalue weighted by Crippen LogP contribution is 1.97. The Kier molecular flexibility index (Phi) is 1.42. The van der Waals surface area contributed by atoms with E-state index in [0.29, 0.717) is 5.56 Å². The van der Waals surface area contributed by atoms with Crippen molar-refractivity contribution in [1.82, 2.24) is 4.57 Å². The maximum atomic E-state index is 10.2. The summed E-state index contributed by atoms with van der Waals surface area (Å²) < 4.78 is 0.929. The molecular weight excluding hydrogens is 132 g/mol. The van der Waals surface area contributed by atoms with Gasteiger partial charge in [0.25, 0.3) is 0 Å². The van der Waals surface area contributed by atoms with E-state index in [1.807, 2.05) is 6.07 Å². The molecule has 4 nitrogen and oxygen atoms in total. The molecule has 0 bridgehead atoms. The van der Waals surface area contributed by atoms with Crippen molar-refractivity contribution in [3.8, 4) is 6.07 Å². The number of hydrogen-bond donors (Lipinski definition) is 1. The van der Waals surface area contributed by atoms with E-state index in [1.165, 1.54) is 18.5 Å². The number of nitrogens with zero attached hydrogens (tertiary/aromatic N) is 2. The van der Waals surface area contributed by atoms with Crippen LogP contribution in [0.2, 0.25) is 0 Å². The van der Waals surface area contributed by atoms with Crippen LogP contribution in [0.5, 0.6) is 0 Å². The number of aromatic nitrogens is 1. The van der Waals surface area contributed by atoms with Gasteiger partial charge in [0, 0.05) is 12.4 Å². The molecule has 1 aromatic heterocycles. The molecular formula is C6H4N2O2. The molecule has 10 heavy (non-hydrogen) atoms. The monoisotopic (exact) mass is 136 g/mol. The van der Waals surface area contributed by atoms with Crippen LogP contribution in [0.3, 0.4) is 0 Å². The van der Waals surface area contributed by atoms with E-state index < -0.39 is 6.09 Å². The quantitative estimate of drug-likeness (QED) is 0.575. The highest BCUT2D eigenvalue weighted by Gasteiger charge is 1.99. The lowest BCUT2D eigenvalue weighted by Gasteiger charge is -1.87. The van der Waals surface area contributed by atoms with E-state index in [9.17, 15) is 4.79 Å². The molecule has 0 spiro atoms. The zero-order valence-corrected chi connectivity index (χ0v) is 4.98. The first kappa shape index (κ1) is 6.36. The van der Waals surface area contributed by atoms with E-state index in [0.717, 1.165) is 4.57 Å². The molecule has 4 heteroatoms. The minimum absolute atomic E-state index is 0.349. The molecule has 1 heterocycles. The van der Waals surface area contributed by atoms with E-state index in [2.05, 4.69) is 0 Å². The molecule has 50 valence electrons. The summed E-state index contributed by atoms with van der Waals surface area (Å²) in [6.07, 6.45) is 1.49. The van der Waals surface area contributed by atoms with Crippen molar-refractivity contribution in [3.63, 3.8) is 0 Å². The summed E-state index contributed by atoms with van der Waals surface area (Å²) in [6, 6.07) is 3.26. The van der Waals surface area contributed by atoms with E-state index in [4.69, 9.17) is 10.4 Å². The third-order valence-corrected chi connectivity index (χ3v) is 1.04. The first-order chi connectivity index (χ1) is 4.74. The van der Waals surface area contributed by atoms with Crippen LogP contribution < -0.4 is 0 Å². The average molecular weight is 136 g/mol. The fraction of sp³-hybridized carbons (Fsp3) is 0. The van der Waals surface area contributed by atoms with Gasteiger partial charge >= 0.3 is 6.09 Å². The van der Waals surface area contributed by atoms with Gasteiger partial charge in [-0.2, -0.15) is 5.26 Å². The third kappa shape index (κ3) is 0.977. The highest BCUT2D eigenvalue weighted by molar-refractivity contribution is 5.68. The Hall–Kier alpha value is -1.76. The van der Waals surface area contributed by atoms with Gasteiger partial charge in [-0.05, 0) is 6.07 Å². The van der Waals surface area contributed by atoms with Crippen molar-refractivity contribution in [1.29, 1.82) is 5.26 Å². The number of carboxylic acid groups (broad SMARTS) is 1. The van der Waals surface area contributed by atoms with Gasteiger partial charge in [-0.3, -0.25) is 4.57 Å². The van der Waals surface area contributed by atoms with Crippen LogP contribution in [0.4, 0.5) is 4.79 Å². The van der Waals surface area contributed by atoms with Crippen LogP contribution in [0.25, 0.3) is 0 Å². The van der Waals surface area contributed by atoms with Gasteiger partial charge in [0.05, 0.1) is 5.56 Å². The largest absolute Gasteiger partial charge is 0.464 e. The second kappa shape index (κ2) is 2.23. The normalized spacial score (nSPS) is 8.70.